The quantitative estimate of drug-likeness (QED) is 0.758. The number of nitrogens with one attached hydrogen (secondary N) is 1. The van der Waals surface area contributed by atoms with Gasteiger partial charge in [0.2, 0.25) is 0 Å². The molecule has 0 aliphatic heterocycles. The molecule has 4 nitrogen and oxygen atoms in total. The second-order valence-corrected chi connectivity index (χ2v) is 6.14. The van der Waals surface area contributed by atoms with Gasteiger partial charge in [-0.2, -0.15) is 0 Å². The average molecular weight is 310 g/mol. The Hall–Kier alpha value is -2.49. The van der Waals surface area contributed by atoms with Crippen molar-refractivity contribution in [3.63, 3.8) is 0 Å². The smallest absolute Gasteiger partial charge is 0.255 e. The minimum Gasteiger partial charge on any atom is -0.507 e. The van der Waals surface area contributed by atoms with Crippen LogP contribution in [0.4, 0.5) is 0 Å². The third kappa shape index (κ3) is 2.17. The summed E-state index contributed by atoms with van der Waals surface area (Å²) in [6, 6.07) is 6.16. The zero-order chi connectivity index (χ0) is 16.9. The van der Waals surface area contributed by atoms with E-state index in [-0.39, 0.29) is 11.3 Å². The van der Waals surface area contributed by atoms with Gasteiger partial charge in [-0.1, -0.05) is 13.0 Å². The van der Waals surface area contributed by atoms with Gasteiger partial charge in [0.15, 0.2) is 0 Å². The summed E-state index contributed by atoms with van der Waals surface area (Å²) in [5.74, 6) is 0.104. The summed E-state index contributed by atoms with van der Waals surface area (Å²) < 4.78 is 2.17. The fraction of sp³-hybridized carbons (Fsp3) is 0.316. The summed E-state index contributed by atoms with van der Waals surface area (Å²) in [5.41, 5.74) is 6.19. The van der Waals surface area contributed by atoms with E-state index >= 15 is 0 Å². The summed E-state index contributed by atoms with van der Waals surface area (Å²) in [6.07, 6.45) is 0.656. The standard InChI is InChI=1S/C19H22N2O2/c1-6-14-17(20-19(23)11(3)18(14)22)13-7-8-16-15(9-13)10(2)12(4)21(16)5/h7-9H,6H2,1-5H3,(H2,20,22,23). The largest absolute Gasteiger partial charge is 0.507 e. The zero-order valence-electron chi connectivity index (χ0n) is 14.2. The van der Waals surface area contributed by atoms with Crippen LogP contribution in [0.25, 0.3) is 22.2 Å². The molecule has 4 heteroatoms. The van der Waals surface area contributed by atoms with Crippen molar-refractivity contribution in [2.75, 3.05) is 0 Å². The maximum Gasteiger partial charge on any atom is 0.255 e. The fourth-order valence-electron chi connectivity index (χ4n) is 3.24. The van der Waals surface area contributed by atoms with E-state index in [1.165, 1.54) is 22.2 Å². The Labute approximate surface area is 135 Å². The summed E-state index contributed by atoms with van der Waals surface area (Å²) in [7, 11) is 2.06. The molecule has 0 saturated heterocycles. The molecule has 3 aromatic rings. The number of aryl methyl sites for hydroxylation is 2. The molecule has 0 spiro atoms. The van der Waals surface area contributed by atoms with Gasteiger partial charge in [-0.05, 0) is 50.5 Å². The van der Waals surface area contributed by atoms with Crippen LogP contribution in [0.5, 0.6) is 5.75 Å². The summed E-state index contributed by atoms with van der Waals surface area (Å²) >= 11 is 0. The molecule has 0 aliphatic rings. The fourth-order valence-corrected chi connectivity index (χ4v) is 3.24. The predicted molar refractivity (Wildman–Crippen MR) is 94.2 cm³/mol. The van der Waals surface area contributed by atoms with Crippen molar-refractivity contribution in [1.82, 2.24) is 9.55 Å². The van der Waals surface area contributed by atoms with Gasteiger partial charge < -0.3 is 14.7 Å². The van der Waals surface area contributed by atoms with E-state index in [0.29, 0.717) is 17.7 Å². The lowest BCUT2D eigenvalue weighted by Crippen LogP contribution is -2.13. The van der Waals surface area contributed by atoms with Crippen molar-refractivity contribution in [2.45, 2.75) is 34.1 Å². The number of nitrogens with zero attached hydrogens (tertiary/aromatic N) is 1. The minimum absolute atomic E-state index is 0.104. The Morgan fingerprint density at radius 1 is 1.17 bits per heavy atom. The first kappa shape index (κ1) is 15.4. The summed E-state index contributed by atoms with van der Waals surface area (Å²) in [6.45, 7) is 7.83. The van der Waals surface area contributed by atoms with Gasteiger partial charge in [0.25, 0.3) is 5.56 Å². The lowest BCUT2D eigenvalue weighted by molar-refractivity contribution is 0.463. The molecule has 0 unspecified atom stereocenters. The van der Waals surface area contributed by atoms with Crippen LogP contribution in [0.15, 0.2) is 23.0 Å². The number of aromatic amines is 1. The third-order valence-electron chi connectivity index (χ3n) is 4.97. The van der Waals surface area contributed by atoms with E-state index in [1.807, 2.05) is 13.0 Å². The zero-order valence-corrected chi connectivity index (χ0v) is 14.2. The molecule has 23 heavy (non-hydrogen) atoms. The van der Waals surface area contributed by atoms with E-state index in [2.05, 4.69) is 42.6 Å². The lowest BCUT2D eigenvalue weighted by atomic mass is 9.99. The molecule has 1 aromatic carbocycles. The van der Waals surface area contributed by atoms with Crippen molar-refractivity contribution < 1.29 is 5.11 Å². The monoisotopic (exact) mass is 310 g/mol. The Balaban J connectivity index is 2.34. The minimum atomic E-state index is -0.240. The maximum atomic E-state index is 12.1. The van der Waals surface area contributed by atoms with Crippen LogP contribution in [0, 0.1) is 20.8 Å². The number of rotatable bonds is 2. The summed E-state index contributed by atoms with van der Waals surface area (Å²) in [5, 5.41) is 11.5. The van der Waals surface area contributed by atoms with E-state index in [1.54, 1.807) is 6.92 Å². The molecule has 2 aromatic heterocycles. The van der Waals surface area contributed by atoms with Gasteiger partial charge in [0, 0.05) is 29.2 Å². The Morgan fingerprint density at radius 2 is 1.87 bits per heavy atom. The van der Waals surface area contributed by atoms with Crippen LogP contribution in [0.1, 0.15) is 29.3 Å². The van der Waals surface area contributed by atoms with Crippen LogP contribution in [-0.4, -0.2) is 14.7 Å². The number of pyridine rings is 1. The molecule has 0 amide bonds. The molecule has 0 radical (unpaired) electrons. The molecule has 0 fully saturated rings. The number of aromatic nitrogens is 2. The molecular formula is C19H22N2O2. The van der Waals surface area contributed by atoms with Gasteiger partial charge in [-0.3, -0.25) is 4.79 Å². The second-order valence-electron chi connectivity index (χ2n) is 6.14. The van der Waals surface area contributed by atoms with Gasteiger partial charge in [0.05, 0.1) is 11.3 Å². The molecular weight excluding hydrogens is 288 g/mol. The van der Waals surface area contributed by atoms with Crippen molar-refractivity contribution in [3.05, 3.63) is 50.9 Å². The van der Waals surface area contributed by atoms with Gasteiger partial charge >= 0.3 is 0 Å². The first-order chi connectivity index (χ1) is 10.9. The topological polar surface area (TPSA) is 58.0 Å². The number of benzene rings is 1. The second kappa shape index (κ2) is 5.30. The van der Waals surface area contributed by atoms with Crippen molar-refractivity contribution in [2.24, 2.45) is 7.05 Å². The van der Waals surface area contributed by atoms with Gasteiger partial charge in [-0.25, -0.2) is 0 Å². The highest BCUT2D eigenvalue weighted by molar-refractivity contribution is 5.89. The molecule has 0 bridgehead atoms. The molecule has 0 atom stereocenters. The van der Waals surface area contributed by atoms with Crippen molar-refractivity contribution >= 4 is 10.9 Å². The normalized spacial score (nSPS) is 11.3. The lowest BCUT2D eigenvalue weighted by Gasteiger charge is -2.12. The number of hydrogen-bond donors (Lipinski definition) is 2. The van der Waals surface area contributed by atoms with E-state index in [9.17, 15) is 9.90 Å². The number of hydrogen-bond acceptors (Lipinski definition) is 2. The molecule has 2 heterocycles. The Kier molecular flexibility index (Phi) is 3.55. The number of H-pyrrole nitrogens is 1. The van der Waals surface area contributed by atoms with Crippen LogP contribution in [-0.2, 0) is 13.5 Å². The first-order valence-corrected chi connectivity index (χ1v) is 7.87. The van der Waals surface area contributed by atoms with Crippen LogP contribution in [0.2, 0.25) is 0 Å². The van der Waals surface area contributed by atoms with Gasteiger partial charge in [-0.15, -0.1) is 0 Å². The highest BCUT2D eigenvalue weighted by atomic mass is 16.3. The van der Waals surface area contributed by atoms with Crippen LogP contribution in [0.3, 0.4) is 0 Å². The molecule has 2 N–H and O–H groups in total. The SMILES string of the molecule is CCc1c(-c2ccc3c(c2)c(C)c(C)n3C)[nH]c(=O)c(C)c1O. The highest BCUT2D eigenvalue weighted by Crippen LogP contribution is 2.33. The summed E-state index contributed by atoms with van der Waals surface area (Å²) in [4.78, 5) is 15.0. The van der Waals surface area contributed by atoms with Crippen LogP contribution < -0.4 is 5.56 Å². The van der Waals surface area contributed by atoms with Crippen LogP contribution >= 0.6 is 0 Å². The van der Waals surface area contributed by atoms with Crippen molar-refractivity contribution in [1.29, 1.82) is 0 Å². The Morgan fingerprint density at radius 3 is 2.52 bits per heavy atom. The Bertz CT molecular complexity index is 977. The molecule has 3 rings (SSSR count). The van der Waals surface area contributed by atoms with Crippen molar-refractivity contribution in [3.8, 4) is 17.0 Å². The van der Waals surface area contributed by atoms with Gasteiger partial charge in [0.1, 0.15) is 5.75 Å². The van der Waals surface area contributed by atoms with E-state index in [0.717, 1.165) is 11.1 Å². The molecule has 0 aliphatic carbocycles. The first-order valence-electron chi connectivity index (χ1n) is 7.87. The third-order valence-corrected chi connectivity index (χ3v) is 4.97. The number of aromatic hydroxyl groups is 1. The average Bonchev–Trinajstić information content (AvgIpc) is 2.76. The molecule has 120 valence electrons. The van der Waals surface area contributed by atoms with E-state index in [4.69, 9.17) is 0 Å². The number of fused-ring (bicyclic) bond motifs is 1. The molecule has 0 saturated carbocycles. The highest BCUT2D eigenvalue weighted by Gasteiger charge is 2.16. The predicted octanol–water partition coefficient (Wildman–Crippen LogP) is 3.73. The maximum absolute atomic E-state index is 12.1. The van der Waals surface area contributed by atoms with E-state index < -0.39 is 0 Å².